The Bertz CT molecular complexity index is 217. The summed E-state index contributed by atoms with van der Waals surface area (Å²) in [6.45, 7) is 0. The minimum absolute atomic E-state index is 0.586. The number of rotatable bonds is 2. The van der Waals surface area contributed by atoms with E-state index in [4.69, 9.17) is 0 Å². The summed E-state index contributed by atoms with van der Waals surface area (Å²) in [5.74, 6) is 2.43. The van der Waals surface area contributed by atoms with Crippen LogP contribution in [0.15, 0.2) is 18.3 Å². The van der Waals surface area contributed by atoms with Crippen LogP contribution in [0.1, 0.15) is 12.8 Å². The molecule has 1 aromatic rings. The number of H-pyrrole nitrogens is 1. The zero-order valence-electron chi connectivity index (χ0n) is 6.75. The fraction of sp³-hybridized carbons (Fsp3) is 0.500. The number of nitrogens with one attached hydrogen (secondary N) is 2. The van der Waals surface area contributed by atoms with Crippen LogP contribution in [-0.4, -0.2) is 16.1 Å². The maximum absolute atomic E-state index is 3.45. The highest BCUT2D eigenvalue weighted by atomic mass is 33.1. The second kappa shape index (κ2) is 4.14. The summed E-state index contributed by atoms with van der Waals surface area (Å²) in [5, 5.41) is 4.03. The van der Waals surface area contributed by atoms with Gasteiger partial charge in [-0.15, -0.1) is 0 Å². The molecular formula is C8H12N2S2. The van der Waals surface area contributed by atoms with Gasteiger partial charge in [-0.1, -0.05) is 21.6 Å². The van der Waals surface area contributed by atoms with Crippen molar-refractivity contribution in [3.8, 4) is 0 Å². The van der Waals surface area contributed by atoms with Crippen molar-refractivity contribution in [1.82, 2.24) is 4.98 Å². The van der Waals surface area contributed by atoms with Crippen molar-refractivity contribution < 1.29 is 0 Å². The number of hydrogen-bond acceptors (Lipinski definition) is 3. The first-order valence-corrected chi connectivity index (χ1v) is 6.51. The average Bonchev–Trinajstić information content (AvgIpc) is 2.59. The Hall–Kier alpha value is -0.220. The molecule has 4 heteroatoms. The first-order valence-electron chi connectivity index (χ1n) is 4.13. The zero-order chi connectivity index (χ0) is 8.23. The molecule has 0 aromatic carbocycles. The maximum Gasteiger partial charge on any atom is 0.104 e. The monoisotopic (exact) mass is 200 g/mol. The summed E-state index contributed by atoms with van der Waals surface area (Å²) in [6.07, 6.45) is 4.55. The fourth-order valence-corrected chi connectivity index (χ4v) is 3.75. The molecule has 1 saturated heterocycles. The molecule has 0 saturated carbocycles. The van der Waals surface area contributed by atoms with Crippen LogP contribution in [0.3, 0.4) is 0 Å². The van der Waals surface area contributed by atoms with Gasteiger partial charge in [0.1, 0.15) is 5.82 Å². The third kappa shape index (κ3) is 2.14. The molecular weight excluding hydrogens is 188 g/mol. The number of anilines is 1. The summed E-state index contributed by atoms with van der Waals surface area (Å²) in [7, 11) is 3.91. The Kier molecular flexibility index (Phi) is 2.89. The van der Waals surface area contributed by atoms with Gasteiger partial charge >= 0.3 is 0 Å². The van der Waals surface area contributed by atoms with Crippen molar-refractivity contribution in [1.29, 1.82) is 0 Å². The summed E-state index contributed by atoms with van der Waals surface area (Å²) in [6, 6.07) is 4.09. The fourth-order valence-electron chi connectivity index (χ4n) is 1.20. The van der Waals surface area contributed by atoms with Crippen LogP contribution in [0.25, 0.3) is 0 Å². The van der Waals surface area contributed by atoms with Gasteiger partial charge in [0.15, 0.2) is 0 Å². The van der Waals surface area contributed by atoms with E-state index in [9.17, 15) is 0 Å². The standard InChI is InChI=1S/C8H12N2S2/c1-3-7(9-5-1)10-8-4-2-6-11-12-8/h1,3,5,8-10H,2,4,6H2. The second-order valence-corrected chi connectivity index (χ2v) is 5.47. The summed E-state index contributed by atoms with van der Waals surface area (Å²) in [5.41, 5.74) is 0. The van der Waals surface area contributed by atoms with Crippen LogP contribution in [0.5, 0.6) is 0 Å². The predicted molar refractivity (Wildman–Crippen MR) is 57.5 cm³/mol. The molecule has 66 valence electrons. The van der Waals surface area contributed by atoms with Gasteiger partial charge in [-0.25, -0.2) is 0 Å². The Morgan fingerprint density at radius 3 is 3.25 bits per heavy atom. The molecule has 1 fully saturated rings. The number of aromatic nitrogens is 1. The summed E-state index contributed by atoms with van der Waals surface area (Å²) >= 11 is 0. The number of hydrogen-bond donors (Lipinski definition) is 2. The molecule has 2 N–H and O–H groups in total. The smallest absolute Gasteiger partial charge is 0.104 e. The molecule has 1 atom stereocenters. The average molecular weight is 200 g/mol. The van der Waals surface area contributed by atoms with E-state index in [-0.39, 0.29) is 0 Å². The van der Waals surface area contributed by atoms with Gasteiger partial charge in [0.2, 0.25) is 0 Å². The van der Waals surface area contributed by atoms with Crippen LogP contribution >= 0.6 is 21.6 Å². The quantitative estimate of drug-likeness (QED) is 0.719. The Labute approximate surface area is 80.3 Å². The van der Waals surface area contributed by atoms with Gasteiger partial charge in [0, 0.05) is 11.9 Å². The Morgan fingerprint density at radius 2 is 2.58 bits per heavy atom. The molecule has 0 aliphatic carbocycles. The van der Waals surface area contributed by atoms with E-state index in [2.05, 4.69) is 16.4 Å². The maximum atomic E-state index is 3.45. The number of aromatic amines is 1. The van der Waals surface area contributed by atoms with E-state index in [1.54, 1.807) is 0 Å². The molecule has 2 rings (SSSR count). The van der Waals surface area contributed by atoms with E-state index >= 15 is 0 Å². The molecule has 2 heterocycles. The van der Waals surface area contributed by atoms with Gasteiger partial charge in [0.25, 0.3) is 0 Å². The van der Waals surface area contributed by atoms with Crippen molar-refractivity contribution in [3.63, 3.8) is 0 Å². The summed E-state index contributed by atoms with van der Waals surface area (Å²) < 4.78 is 0. The molecule has 0 radical (unpaired) electrons. The molecule has 0 amide bonds. The molecule has 1 aliphatic rings. The van der Waals surface area contributed by atoms with E-state index in [0.717, 1.165) is 5.82 Å². The molecule has 1 aromatic heterocycles. The van der Waals surface area contributed by atoms with Gasteiger partial charge in [-0.3, -0.25) is 0 Å². The van der Waals surface area contributed by atoms with Gasteiger partial charge in [0.05, 0.1) is 5.37 Å². The lowest BCUT2D eigenvalue weighted by Crippen LogP contribution is -2.17. The van der Waals surface area contributed by atoms with Crippen molar-refractivity contribution in [2.75, 3.05) is 11.1 Å². The largest absolute Gasteiger partial charge is 0.359 e. The highest BCUT2D eigenvalue weighted by Crippen LogP contribution is 2.35. The van der Waals surface area contributed by atoms with E-state index < -0.39 is 0 Å². The lowest BCUT2D eigenvalue weighted by molar-refractivity contribution is 0.799. The van der Waals surface area contributed by atoms with Crippen molar-refractivity contribution >= 4 is 27.4 Å². The normalized spacial score (nSPS) is 23.8. The predicted octanol–water partition coefficient (Wildman–Crippen LogP) is 2.93. The van der Waals surface area contributed by atoms with Gasteiger partial charge < -0.3 is 10.3 Å². The van der Waals surface area contributed by atoms with Crippen LogP contribution in [-0.2, 0) is 0 Å². The Morgan fingerprint density at radius 1 is 1.58 bits per heavy atom. The highest BCUT2D eigenvalue weighted by molar-refractivity contribution is 8.77. The second-order valence-electron chi connectivity index (χ2n) is 2.78. The van der Waals surface area contributed by atoms with Crippen LogP contribution < -0.4 is 5.32 Å². The third-order valence-corrected chi connectivity index (χ3v) is 4.58. The highest BCUT2D eigenvalue weighted by Gasteiger charge is 2.13. The SMILES string of the molecule is c1c[nH]c(NC2CCCSS2)c1. The molecule has 0 spiro atoms. The topological polar surface area (TPSA) is 27.8 Å². The molecule has 2 nitrogen and oxygen atoms in total. The molecule has 0 bridgehead atoms. The minimum Gasteiger partial charge on any atom is -0.359 e. The van der Waals surface area contributed by atoms with Gasteiger partial charge in [-0.05, 0) is 25.0 Å². The van der Waals surface area contributed by atoms with E-state index in [1.807, 2.05) is 33.9 Å². The minimum atomic E-state index is 0.586. The van der Waals surface area contributed by atoms with Crippen LogP contribution in [0, 0.1) is 0 Å². The van der Waals surface area contributed by atoms with Gasteiger partial charge in [-0.2, -0.15) is 0 Å². The van der Waals surface area contributed by atoms with Crippen molar-refractivity contribution in [2.45, 2.75) is 18.2 Å². The summed E-state index contributed by atoms with van der Waals surface area (Å²) in [4.78, 5) is 3.15. The molecule has 12 heavy (non-hydrogen) atoms. The lowest BCUT2D eigenvalue weighted by Gasteiger charge is -2.21. The van der Waals surface area contributed by atoms with Crippen LogP contribution in [0.2, 0.25) is 0 Å². The van der Waals surface area contributed by atoms with Crippen molar-refractivity contribution in [3.05, 3.63) is 18.3 Å². The molecule has 1 aliphatic heterocycles. The van der Waals surface area contributed by atoms with Crippen molar-refractivity contribution in [2.24, 2.45) is 0 Å². The Balaban J connectivity index is 1.86. The van der Waals surface area contributed by atoms with E-state index in [1.165, 1.54) is 18.6 Å². The lowest BCUT2D eigenvalue weighted by atomic mass is 10.3. The third-order valence-electron chi connectivity index (χ3n) is 1.79. The zero-order valence-corrected chi connectivity index (χ0v) is 8.38. The first-order chi connectivity index (χ1) is 5.95. The molecule has 1 unspecified atom stereocenters. The first kappa shape index (κ1) is 8.38. The van der Waals surface area contributed by atoms with Crippen LogP contribution in [0.4, 0.5) is 5.82 Å². The van der Waals surface area contributed by atoms with E-state index in [0.29, 0.717) is 5.37 Å².